The third-order valence-electron chi connectivity index (χ3n) is 4.34. The molecule has 0 bridgehead atoms. The van der Waals surface area contributed by atoms with E-state index < -0.39 is 6.10 Å². The Bertz CT molecular complexity index is 958. The number of fused-ring (bicyclic) bond motifs is 1. The second-order valence-electron chi connectivity index (χ2n) is 6.16. The van der Waals surface area contributed by atoms with Gasteiger partial charge in [0, 0.05) is 15.8 Å². The minimum absolute atomic E-state index is 0.00456. The lowest BCUT2D eigenvalue weighted by atomic mass is 10.2. The van der Waals surface area contributed by atoms with E-state index >= 15 is 0 Å². The van der Waals surface area contributed by atoms with Crippen molar-refractivity contribution in [3.05, 3.63) is 39.1 Å². The van der Waals surface area contributed by atoms with Gasteiger partial charge in [-0.05, 0) is 30.7 Å². The maximum atomic E-state index is 12.5. The molecule has 0 amide bonds. The predicted molar refractivity (Wildman–Crippen MR) is 95.3 cm³/mol. The van der Waals surface area contributed by atoms with E-state index in [1.807, 2.05) is 29.8 Å². The predicted octanol–water partition coefficient (Wildman–Crippen LogP) is 3.97. The third kappa shape index (κ3) is 2.67. The molecule has 0 spiro atoms. The quantitative estimate of drug-likeness (QED) is 0.715. The molecule has 4 rings (SSSR count). The number of esters is 1. The van der Waals surface area contributed by atoms with Crippen molar-refractivity contribution in [2.24, 2.45) is 11.8 Å². The maximum absolute atomic E-state index is 12.5. The highest BCUT2D eigenvalue weighted by Gasteiger charge is 2.41. The first-order valence-electron chi connectivity index (χ1n) is 7.80. The number of hydrogen-bond donors (Lipinski definition) is 1. The van der Waals surface area contributed by atoms with Gasteiger partial charge < -0.3 is 9.72 Å². The highest BCUT2D eigenvalue weighted by atomic mass is 32.1. The highest BCUT2D eigenvalue weighted by molar-refractivity contribution is 7.18. The topological polar surface area (TPSA) is 72.0 Å². The van der Waals surface area contributed by atoms with Crippen LogP contribution in [0.3, 0.4) is 0 Å². The summed E-state index contributed by atoms with van der Waals surface area (Å²) in [5.41, 5.74) is 0.712. The van der Waals surface area contributed by atoms with Crippen LogP contribution in [0.25, 0.3) is 20.7 Å². The number of nitrogens with zero attached hydrogens (tertiary/aromatic N) is 1. The molecule has 1 saturated carbocycles. The van der Waals surface area contributed by atoms with Crippen LogP contribution >= 0.6 is 22.7 Å². The molecule has 24 heavy (non-hydrogen) atoms. The van der Waals surface area contributed by atoms with Crippen LogP contribution in [-0.4, -0.2) is 15.9 Å². The lowest BCUT2D eigenvalue weighted by molar-refractivity contribution is -0.150. The van der Waals surface area contributed by atoms with Crippen LogP contribution in [0.15, 0.2) is 27.7 Å². The first-order valence-corrected chi connectivity index (χ1v) is 9.56. The Labute approximate surface area is 146 Å². The minimum atomic E-state index is -0.560. The van der Waals surface area contributed by atoms with E-state index in [-0.39, 0.29) is 17.4 Å². The smallest absolute Gasteiger partial charge is 0.309 e. The van der Waals surface area contributed by atoms with Crippen LogP contribution in [0.2, 0.25) is 0 Å². The molecule has 7 heteroatoms. The third-order valence-corrected chi connectivity index (χ3v) is 6.11. The summed E-state index contributed by atoms with van der Waals surface area (Å²) in [5, 5.41) is 4.53. The van der Waals surface area contributed by atoms with Gasteiger partial charge in [-0.25, -0.2) is 4.98 Å². The second-order valence-corrected chi connectivity index (χ2v) is 7.96. The minimum Gasteiger partial charge on any atom is -0.454 e. The van der Waals surface area contributed by atoms with E-state index in [0.29, 0.717) is 22.0 Å². The summed E-state index contributed by atoms with van der Waals surface area (Å²) >= 11 is 3.02. The van der Waals surface area contributed by atoms with Crippen molar-refractivity contribution >= 4 is 38.9 Å². The van der Waals surface area contributed by atoms with Crippen LogP contribution in [0.4, 0.5) is 0 Å². The maximum Gasteiger partial charge on any atom is 0.309 e. The van der Waals surface area contributed by atoms with Gasteiger partial charge in [-0.1, -0.05) is 13.0 Å². The van der Waals surface area contributed by atoms with Gasteiger partial charge in [-0.15, -0.1) is 22.7 Å². The fourth-order valence-electron chi connectivity index (χ4n) is 2.74. The van der Waals surface area contributed by atoms with Crippen LogP contribution < -0.4 is 5.56 Å². The summed E-state index contributed by atoms with van der Waals surface area (Å²) in [6, 6.07) is 3.95. The lowest BCUT2D eigenvalue weighted by Gasteiger charge is -2.12. The number of H-pyrrole nitrogens is 1. The number of carbonyl (C=O) groups excluding carboxylic acids is 1. The standard InChI is InChI=1S/C17H16N2O3S2/c1-8-6-10(8)17(21)22-9(2)14-18-15(20)13-11(7-24-16(13)19-14)12-4-3-5-23-12/h3-5,7-10H,6H2,1-2H3,(H,18,19,20)/t8-,9+,10-/m1/s1. The molecule has 0 aliphatic heterocycles. The van der Waals surface area contributed by atoms with Crippen LogP contribution in [-0.2, 0) is 9.53 Å². The van der Waals surface area contributed by atoms with E-state index in [1.54, 1.807) is 18.3 Å². The number of ether oxygens (including phenoxy) is 1. The van der Waals surface area contributed by atoms with Crippen LogP contribution in [0, 0.1) is 11.8 Å². The number of aromatic amines is 1. The number of aromatic nitrogens is 2. The summed E-state index contributed by atoms with van der Waals surface area (Å²) < 4.78 is 5.45. The van der Waals surface area contributed by atoms with Crippen molar-refractivity contribution in [2.45, 2.75) is 26.4 Å². The largest absolute Gasteiger partial charge is 0.454 e. The molecule has 3 atom stereocenters. The van der Waals surface area contributed by atoms with Crippen molar-refractivity contribution in [1.29, 1.82) is 0 Å². The molecular formula is C17H16N2O3S2. The molecule has 0 radical (unpaired) electrons. The summed E-state index contributed by atoms with van der Waals surface area (Å²) in [6.07, 6.45) is 0.318. The van der Waals surface area contributed by atoms with Crippen molar-refractivity contribution in [1.82, 2.24) is 9.97 Å². The Morgan fingerprint density at radius 3 is 2.92 bits per heavy atom. The normalized spacial score (nSPS) is 20.9. The number of carbonyl (C=O) groups is 1. The molecule has 1 aliphatic carbocycles. The van der Waals surface area contributed by atoms with Gasteiger partial charge in [-0.3, -0.25) is 9.59 Å². The Balaban J connectivity index is 1.66. The fourth-order valence-corrected chi connectivity index (χ4v) is 4.51. The molecule has 3 aromatic heterocycles. The Kier molecular flexibility index (Phi) is 3.77. The molecule has 0 saturated heterocycles. The van der Waals surface area contributed by atoms with Crippen molar-refractivity contribution in [3.63, 3.8) is 0 Å². The summed E-state index contributed by atoms with van der Waals surface area (Å²) in [4.78, 5) is 33.5. The first-order chi connectivity index (χ1) is 11.5. The number of thiophene rings is 2. The van der Waals surface area contributed by atoms with Gasteiger partial charge in [0.05, 0.1) is 11.3 Å². The zero-order valence-corrected chi connectivity index (χ0v) is 14.9. The van der Waals surface area contributed by atoms with E-state index in [0.717, 1.165) is 16.9 Å². The van der Waals surface area contributed by atoms with Gasteiger partial charge >= 0.3 is 5.97 Å². The Morgan fingerprint density at radius 2 is 2.25 bits per heavy atom. The van der Waals surface area contributed by atoms with E-state index in [2.05, 4.69) is 9.97 Å². The zero-order valence-electron chi connectivity index (χ0n) is 13.2. The lowest BCUT2D eigenvalue weighted by Crippen LogP contribution is -2.18. The number of nitrogens with one attached hydrogen (secondary N) is 1. The average molecular weight is 360 g/mol. The molecule has 0 aromatic carbocycles. The molecule has 5 nitrogen and oxygen atoms in total. The number of hydrogen-bond acceptors (Lipinski definition) is 6. The van der Waals surface area contributed by atoms with Crippen molar-refractivity contribution in [2.75, 3.05) is 0 Å². The monoisotopic (exact) mass is 360 g/mol. The average Bonchev–Trinajstić information content (AvgIpc) is 2.95. The molecule has 1 N–H and O–H groups in total. The number of rotatable bonds is 4. The molecule has 0 unspecified atom stereocenters. The molecule has 1 aliphatic rings. The second kappa shape index (κ2) is 5.82. The summed E-state index contributed by atoms with van der Waals surface area (Å²) in [7, 11) is 0. The Hall–Kier alpha value is -1.99. The van der Waals surface area contributed by atoms with Gasteiger partial charge in [0.2, 0.25) is 0 Å². The fraction of sp³-hybridized carbons (Fsp3) is 0.353. The Morgan fingerprint density at radius 1 is 1.46 bits per heavy atom. The van der Waals surface area contributed by atoms with Crippen LogP contribution in [0.1, 0.15) is 32.2 Å². The molecule has 1 fully saturated rings. The molecule has 3 heterocycles. The highest BCUT2D eigenvalue weighted by Crippen LogP contribution is 2.39. The molecular weight excluding hydrogens is 344 g/mol. The van der Waals surface area contributed by atoms with Gasteiger partial charge in [0.1, 0.15) is 4.83 Å². The van der Waals surface area contributed by atoms with E-state index in [4.69, 9.17) is 4.74 Å². The van der Waals surface area contributed by atoms with Crippen LogP contribution in [0.5, 0.6) is 0 Å². The van der Waals surface area contributed by atoms with E-state index in [9.17, 15) is 9.59 Å². The summed E-state index contributed by atoms with van der Waals surface area (Å²) in [6.45, 7) is 3.77. The SMILES string of the molecule is C[C@H](OC(=O)[C@@H]1C[C@H]1C)c1nc2scc(-c3cccs3)c2c(=O)[nH]1. The van der Waals surface area contributed by atoms with Crippen molar-refractivity contribution < 1.29 is 9.53 Å². The zero-order chi connectivity index (χ0) is 16.8. The first kappa shape index (κ1) is 15.5. The molecule has 124 valence electrons. The van der Waals surface area contributed by atoms with E-state index in [1.165, 1.54) is 11.3 Å². The molecule has 3 aromatic rings. The van der Waals surface area contributed by atoms with Crippen molar-refractivity contribution in [3.8, 4) is 10.4 Å². The van der Waals surface area contributed by atoms with Gasteiger partial charge in [-0.2, -0.15) is 0 Å². The van der Waals surface area contributed by atoms with Gasteiger partial charge in [0.25, 0.3) is 5.56 Å². The summed E-state index contributed by atoms with van der Waals surface area (Å²) in [5.74, 6) is 0.580. The van der Waals surface area contributed by atoms with Gasteiger partial charge in [0.15, 0.2) is 11.9 Å².